The number of piperidine rings is 1. The highest BCUT2D eigenvalue weighted by atomic mass is 16.5. The lowest BCUT2D eigenvalue weighted by molar-refractivity contribution is -0.140. The number of carbonyl (C=O) groups is 2. The zero-order chi connectivity index (χ0) is 17.8. The van der Waals surface area contributed by atoms with Crippen molar-refractivity contribution in [1.82, 2.24) is 4.90 Å². The number of rotatable bonds is 4. The van der Waals surface area contributed by atoms with Crippen LogP contribution in [0.5, 0.6) is 5.75 Å². The molecular formula is C20H22N2O3. The Balaban J connectivity index is 1.84. The summed E-state index contributed by atoms with van der Waals surface area (Å²) in [6, 6.07) is 16.7. The van der Waals surface area contributed by atoms with Crippen molar-refractivity contribution in [2.45, 2.75) is 18.9 Å². The molecule has 2 aromatic carbocycles. The van der Waals surface area contributed by atoms with E-state index < -0.39 is 0 Å². The molecule has 25 heavy (non-hydrogen) atoms. The molecule has 0 unspecified atom stereocenters. The molecule has 1 fully saturated rings. The van der Waals surface area contributed by atoms with Crippen LogP contribution >= 0.6 is 0 Å². The van der Waals surface area contributed by atoms with E-state index >= 15 is 0 Å². The van der Waals surface area contributed by atoms with Crippen molar-refractivity contribution < 1.29 is 14.3 Å². The predicted octanol–water partition coefficient (Wildman–Crippen LogP) is 3.24. The number of ether oxygens (including phenoxy) is 1. The third-order valence-corrected chi connectivity index (χ3v) is 4.68. The number of hydrogen-bond acceptors (Lipinski definition) is 3. The minimum Gasteiger partial charge on any atom is -0.497 e. The Morgan fingerprint density at radius 3 is 2.64 bits per heavy atom. The molecule has 1 aliphatic rings. The van der Waals surface area contributed by atoms with Gasteiger partial charge in [-0.25, -0.2) is 0 Å². The summed E-state index contributed by atoms with van der Waals surface area (Å²) in [7, 11) is 3.36. The second-order valence-electron chi connectivity index (χ2n) is 6.23. The first-order chi connectivity index (χ1) is 12.1. The van der Waals surface area contributed by atoms with Gasteiger partial charge in [0.25, 0.3) is 0 Å². The maximum Gasteiger partial charge on any atom is 0.229 e. The highest BCUT2D eigenvalue weighted by Gasteiger charge is 2.38. The summed E-state index contributed by atoms with van der Waals surface area (Å²) in [5.41, 5.74) is 1.67. The minimum absolute atomic E-state index is 0.0688. The minimum atomic E-state index is -0.295. The lowest BCUT2D eigenvalue weighted by Gasteiger charge is -2.38. The lowest BCUT2D eigenvalue weighted by atomic mass is 9.84. The summed E-state index contributed by atoms with van der Waals surface area (Å²) >= 11 is 0. The van der Waals surface area contributed by atoms with E-state index in [1.54, 1.807) is 25.1 Å². The molecule has 2 atom stereocenters. The van der Waals surface area contributed by atoms with Crippen molar-refractivity contribution in [3.8, 4) is 5.75 Å². The summed E-state index contributed by atoms with van der Waals surface area (Å²) in [4.78, 5) is 26.8. The van der Waals surface area contributed by atoms with E-state index in [1.165, 1.54) is 0 Å². The van der Waals surface area contributed by atoms with Gasteiger partial charge in [-0.2, -0.15) is 0 Å². The van der Waals surface area contributed by atoms with Crippen LogP contribution in [-0.4, -0.2) is 30.9 Å². The van der Waals surface area contributed by atoms with Crippen LogP contribution in [0.2, 0.25) is 0 Å². The number of amides is 2. The van der Waals surface area contributed by atoms with Crippen molar-refractivity contribution in [3.05, 3.63) is 60.2 Å². The fourth-order valence-electron chi connectivity index (χ4n) is 3.35. The van der Waals surface area contributed by atoms with E-state index in [2.05, 4.69) is 5.32 Å². The topological polar surface area (TPSA) is 58.6 Å². The third-order valence-electron chi connectivity index (χ3n) is 4.68. The largest absolute Gasteiger partial charge is 0.497 e. The average Bonchev–Trinajstić information content (AvgIpc) is 2.64. The van der Waals surface area contributed by atoms with Gasteiger partial charge in [-0.1, -0.05) is 36.4 Å². The summed E-state index contributed by atoms with van der Waals surface area (Å²) in [5, 5.41) is 2.96. The molecule has 3 rings (SSSR count). The molecule has 130 valence electrons. The van der Waals surface area contributed by atoms with Gasteiger partial charge in [0, 0.05) is 25.2 Å². The summed E-state index contributed by atoms with van der Waals surface area (Å²) in [5.74, 6) is 0.380. The van der Waals surface area contributed by atoms with Gasteiger partial charge in [0.2, 0.25) is 11.8 Å². The fourth-order valence-corrected chi connectivity index (χ4v) is 3.35. The quantitative estimate of drug-likeness (QED) is 0.931. The van der Waals surface area contributed by atoms with Gasteiger partial charge in [0.05, 0.1) is 19.1 Å². The Kier molecular flexibility index (Phi) is 5.03. The highest BCUT2D eigenvalue weighted by molar-refractivity contribution is 5.94. The molecule has 2 amide bonds. The number of anilines is 1. The summed E-state index contributed by atoms with van der Waals surface area (Å²) in [6.45, 7) is 0. The first-order valence-corrected chi connectivity index (χ1v) is 8.35. The molecule has 1 N–H and O–H groups in total. The first kappa shape index (κ1) is 17.0. The van der Waals surface area contributed by atoms with E-state index in [0.717, 1.165) is 5.56 Å². The molecule has 0 aliphatic carbocycles. The van der Waals surface area contributed by atoms with Crippen molar-refractivity contribution >= 4 is 17.5 Å². The van der Waals surface area contributed by atoms with Gasteiger partial charge < -0.3 is 15.0 Å². The molecule has 1 heterocycles. The number of nitrogens with one attached hydrogen (secondary N) is 1. The van der Waals surface area contributed by atoms with Crippen molar-refractivity contribution in [1.29, 1.82) is 0 Å². The van der Waals surface area contributed by atoms with Crippen LogP contribution in [0.3, 0.4) is 0 Å². The number of benzene rings is 2. The van der Waals surface area contributed by atoms with Gasteiger partial charge in [-0.3, -0.25) is 9.59 Å². The molecule has 0 aromatic heterocycles. The monoisotopic (exact) mass is 338 g/mol. The second-order valence-corrected chi connectivity index (χ2v) is 6.23. The Morgan fingerprint density at radius 1 is 1.16 bits per heavy atom. The average molecular weight is 338 g/mol. The highest BCUT2D eigenvalue weighted by Crippen LogP contribution is 2.36. The Hall–Kier alpha value is -2.82. The van der Waals surface area contributed by atoms with Gasteiger partial charge >= 0.3 is 0 Å². The zero-order valence-electron chi connectivity index (χ0n) is 14.4. The third kappa shape index (κ3) is 3.65. The molecular weight excluding hydrogens is 316 g/mol. The molecule has 1 aliphatic heterocycles. The molecule has 0 saturated carbocycles. The maximum absolute atomic E-state index is 12.9. The van der Waals surface area contributed by atoms with Crippen LogP contribution in [0, 0.1) is 5.92 Å². The molecule has 0 bridgehead atoms. The van der Waals surface area contributed by atoms with E-state index in [9.17, 15) is 9.59 Å². The van der Waals surface area contributed by atoms with Crippen LogP contribution in [0.1, 0.15) is 24.4 Å². The van der Waals surface area contributed by atoms with Crippen LogP contribution in [-0.2, 0) is 9.59 Å². The molecule has 5 heteroatoms. The molecule has 1 saturated heterocycles. The first-order valence-electron chi connectivity index (χ1n) is 8.35. The lowest BCUT2D eigenvalue weighted by Crippen LogP contribution is -2.44. The Bertz CT molecular complexity index is 761. The van der Waals surface area contributed by atoms with E-state index in [4.69, 9.17) is 4.74 Å². The summed E-state index contributed by atoms with van der Waals surface area (Å²) in [6.07, 6.45) is 0.925. The van der Waals surface area contributed by atoms with Gasteiger partial charge in [-0.15, -0.1) is 0 Å². The van der Waals surface area contributed by atoms with Crippen LogP contribution in [0.15, 0.2) is 54.6 Å². The molecule has 0 spiro atoms. The molecule has 5 nitrogen and oxygen atoms in total. The van der Waals surface area contributed by atoms with Crippen LogP contribution in [0.4, 0.5) is 5.69 Å². The predicted molar refractivity (Wildman–Crippen MR) is 96.3 cm³/mol. The van der Waals surface area contributed by atoms with E-state index in [1.807, 2.05) is 48.5 Å². The van der Waals surface area contributed by atoms with E-state index in [0.29, 0.717) is 24.3 Å². The number of likely N-dealkylation sites (tertiary alicyclic amines) is 1. The SMILES string of the molecule is COc1cccc(NC(=O)[C@H]2CCC(=O)N(C)[C@@H]2c2ccccc2)c1. The van der Waals surface area contributed by atoms with Crippen molar-refractivity contribution in [2.24, 2.45) is 5.92 Å². The van der Waals surface area contributed by atoms with E-state index in [-0.39, 0.29) is 23.8 Å². The van der Waals surface area contributed by atoms with Crippen LogP contribution in [0.25, 0.3) is 0 Å². The fraction of sp³-hybridized carbons (Fsp3) is 0.300. The Morgan fingerprint density at radius 2 is 1.92 bits per heavy atom. The van der Waals surface area contributed by atoms with Gasteiger partial charge in [0.15, 0.2) is 0 Å². The number of methoxy groups -OCH3 is 1. The standard InChI is InChI=1S/C20H22N2O3/c1-22-18(23)12-11-17(19(22)14-7-4-3-5-8-14)20(24)21-15-9-6-10-16(13-15)25-2/h3-10,13,17,19H,11-12H2,1-2H3,(H,21,24)/t17-,19+/m0/s1. The second kappa shape index (κ2) is 7.38. The molecule has 2 aromatic rings. The Labute approximate surface area is 147 Å². The zero-order valence-corrected chi connectivity index (χ0v) is 14.4. The number of nitrogens with zero attached hydrogens (tertiary/aromatic N) is 1. The van der Waals surface area contributed by atoms with Crippen molar-refractivity contribution in [2.75, 3.05) is 19.5 Å². The number of hydrogen-bond donors (Lipinski definition) is 1. The van der Waals surface area contributed by atoms with Crippen LogP contribution < -0.4 is 10.1 Å². The van der Waals surface area contributed by atoms with Gasteiger partial charge in [-0.05, 0) is 24.1 Å². The summed E-state index contributed by atoms with van der Waals surface area (Å²) < 4.78 is 5.20. The molecule has 0 radical (unpaired) electrons. The van der Waals surface area contributed by atoms with Gasteiger partial charge in [0.1, 0.15) is 5.75 Å². The number of carbonyl (C=O) groups excluding carboxylic acids is 2. The van der Waals surface area contributed by atoms with Crippen molar-refractivity contribution in [3.63, 3.8) is 0 Å². The smallest absolute Gasteiger partial charge is 0.229 e. The maximum atomic E-state index is 12.9. The normalized spacial score (nSPS) is 20.2.